The Kier molecular flexibility index (Phi) is 9.07. The SMILES string of the molecule is CCOc1ccc(NS(=O)(=O)c2ccc(NC(=S)NC(=O)c3cc(Br)ccc3OCC)cc2)cc1. The smallest absolute Gasteiger partial charge is 0.261 e. The summed E-state index contributed by atoms with van der Waals surface area (Å²) < 4.78 is 39.5. The molecule has 0 unspecified atom stereocenters. The molecule has 8 nitrogen and oxygen atoms in total. The van der Waals surface area contributed by atoms with Crippen LogP contribution in [0.25, 0.3) is 0 Å². The van der Waals surface area contributed by atoms with Crippen molar-refractivity contribution in [1.29, 1.82) is 0 Å². The molecule has 0 atom stereocenters. The Bertz CT molecular complexity index is 1300. The van der Waals surface area contributed by atoms with Crippen molar-refractivity contribution in [3.8, 4) is 11.5 Å². The van der Waals surface area contributed by atoms with E-state index in [2.05, 4.69) is 31.3 Å². The van der Waals surface area contributed by atoms with E-state index in [0.717, 1.165) is 4.47 Å². The van der Waals surface area contributed by atoms with Crippen molar-refractivity contribution in [2.75, 3.05) is 23.3 Å². The molecule has 0 saturated heterocycles. The van der Waals surface area contributed by atoms with Crippen LogP contribution in [0.2, 0.25) is 0 Å². The third-order valence-corrected chi connectivity index (χ3v) is 6.65. The number of thiocarbonyl (C=S) groups is 1. The molecule has 184 valence electrons. The van der Waals surface area contributed by atoms with Crippen molar-refractivity contribution < 1.29 is 22.7 Å². The van der Waals surface area contributed by atoms with Crippen molar-refractivity contribution in [2.45, 2.75) is 18.7 Å². The number of anilines is 2. The number of hydrogen-bond donors (Lipinski definition) is 3. The Balaban J connectivity index is 1.63. The standard InChI is InChI=1S/C24H24BrN3O5S2/c1-3-32-19-10-6-18(7-11-19)28-35(30,31)20-12-8-17(9-13-20)26-24(34)27-23(29)21-15-16(25)5-14-22(21)33-4-2/h5-15,28H,3-4H2,1-2H3,(H2,26,27,29,34). The first-order valence-electron chi connectivity index (χ1n) is 10.6. The molecule has 0 aromatic heterocycles. The second-order valence-electron chi connectivity index (χ2n) is 7.07. The van der Waals surface area contributed by atoms with E-state index in [0.29, 0.717) is 41.7 Å². The lowest BCUT2D eigenvalue weighted by Gasteiger charge is -2.13. The molecule has 0 aliphatic heterocycles. The van der Waals surface area contributed by atoms with Gasteiger partial charge in [-0.2, -0.15) is 0 Å². The molecule has 35 heavy (non-hydrogen) atoms. The van der Waals surface area contributed by atoms with Crippen LogP contribution in [-0.4, -0.2) is 32.7 Å². The summed E-state index contributed by atoms with van der Waals surface area (Å²) in [4.78, 5) is 12.7. The van der Waals surface area contributed by atoms with Gasteiger partial charge in [0.05, 0.1) is 23.7 Å². The fraction of sp³-hybridized carbons (Fsp3) is 0.167. The van der Waals surface area contributed by atoms with E-state index >= 15 is 0 Å². The number of hydrogen-bond acceptors (Lipinski definition) is 6. The molecule has 0 heterocycles. The van der Waals surface area contributed by atoms with Gasteiger partial charge in [0.2, 0.25) is 0 Å². The summed E-state index contributed by atoms with van der Waals surface area (Å²) in [5.74, 6) is 0.652. The first-order chi connectivity index (χ1) is 16.7. The van der Waals surface area contributed by atoms with Crippen molar-refractivity contribution in [3.63, 3.8) is 0 Å². The second-order valence-corrected chi connectivity index (χ2v) is 10.1. The van der Waals surface area contributed by atoms with Crippen LogP contribution in [0, 0.1) is 0 Å². The molecule has 0 radical (unpaired) electrons. The molecule has 3 aromatic rings. The van der Waals surface area contributed by atoms with Crippen molar-refractivity contribution in [3.05, 3.63) is 76.8 Å². The summed E-state index contributed by atoms with van der Waals surface area (Å²) in [5, 5.41) is 5.53. The van der Waals surface area contributed by atoms with Crippen molar-refractivity contribution in [2.24, 2.45) is 0 Å². The van der Waals surface area contributed by atoms with E-state index in [4.69, 9.17) is 21.7 Å². The summed E-state index contributed by atoms with van der Waals surface area (Å²) >= 11 is 8.58. The zero-order valence-electron chi connectivity index (χ0n) is 19.0. The molecular weight excluding hydrogens is 554 g/mol. The number of carbonyl (C=O) groups is 1. The highest BCUT2D eigenvalue weighted by atomic mass is 79.9. The van der Waals surface area contributed by atoms with Crippen LogP contribution in [0.1, 0.15) is 24.2 Å². The number of ether oxygens (including phenoxy) is 2. The minimum Gasteiger partial charge on any atom is -0.494 e. The van der Waals surface area contributed by atoms with Gasteiger partial charge >= 0.3 is 0 Å². The highest BCUT2D eigenvalue weighted by Crippen LogP contribution is 2.24. The number of sulfonamides is 1. The van der Waals surface area contributed by atoms with Crippen LogP contribution in [0.4, 0.5) is 11.4 Å². The summed E-state index contributed by atoms with van der Waals surface area (Å²) in [6.45, 7) is 4.63. The fourth-order valence-corrected chi connectivity index (χ4v) is 4.64. The van der Waals surface area contributed by atoms with E-state index in [9.17, 15) is 13.2 Å². The van der Waals surface area contributed by atoms with Gasteiger partial charge in [-0.05, 0) is 92.8 Å². The van der Waals surface area contributed by atoms with Crippen molar-refractivity contribution >= 4 is 60.6 Å². The van der Waals surface area contributed by atoms with Crippen LogP contribution < -0.4 is 24.8 Å². The summed E-state index contributed by atoms with van der Waals surface area (Å²) in [5.41, 5.74) is 1.25. The van der Waals surface area contributed by atoms with E-state index in [-0.39, 0.29) is 10.0 Å². The second kappa shape index (κ2) is 12.0. The predicted octanol–water partition coefficient (Wildman–Crippen LogP) is 5.17. The van der Waals surface area contributed by atoms with Crippen LogP contribution in [0.3, 0.4) is 0 Å². The van der Waals surface area contributed by atoms with Gasteiger partial charge < -0.3 is 14.8 Å². The molecule has 0 bridgehead atoms. The van der Waals surface area contributed by atoms with Crippen LogP contribution in [-0.2, 0) is 10.0 Å². The molecule has 3 rings (SSSR count). The van der Waals surface area contributed by atoms with Gasteiger partial charge in [0, 0.05) is 15.8 Å². The highest BCUT2D eigenvalue weighted by Gasteiger charge is 2.16. The van der Waals surface area contributed by atoms with Gasteiger partial charge in [0.25, 0.3) is 15.9 Å². The van der Waals surface area contributed by atoms with Gasteiger partial charge in [-0.1, -0.05) is 15.9 Å². The number of halogens is 1. The Morgan fingerprint density at radius 3 is 2.17 bits per heavy atom. The topological polar surface area (TPSA) is 106 Å². The number of carbonyl (C=O) groups excluding carboxylic acids is 1. The first kappa shape index (κ1) is 26.5. The summed E-state index contributed by atoms with van der Waals surface area (Å²) in [6.07, 6.45) is 0. The minimum absolute atomic E-state index is 0.0561. The van der Waals surface area contributed by atoms with Crippen molar-refractivity contribution in [1.82, 2.24) is 5.32 Å². The van der Waals surface area contributed by atoms with Crippen LogP contribution >= 0.6 is 28.1 Å². The molecule has 1 amide bonds. The zero-order chi connectivity index (χ0) is 25.4. The number of nitrogens with one attached hydrogen (secondary N) is 3. The number of amides is 1. The Morgan fingerprint density at radius 2 is 1.54 bits per heavy atom. The molecule has 3 N–H and O–H groups in total. The van der Waals surface area contributed by atoms with E-state index in [1.54, 1.807) is 54.6 Å². The van der Waals surface area contributed by atoms with Crippen LogP contribution in [0.15, 0.2) is 76.1 Å². The summed E-state index contributed by atoms with van der Waals surface area (Å²) in [7, 11) is -3.79. The maximum absolute atomic E-state index is 12.7. The van der Waals surface area contributed by atoms with Gasteiger partial charge in [-0.15, -0.1) is 0 Å². The minimum atomic E-state index is -3.79. The maximum Gasteiger partial charge on any atom is 0.261 e. The molecular formula is C24H24BrN3O5S2. The Labute approximate surface area is 218 Å². The van der Waals surface area contributed by atoms with Gasteiger partial charge in [-0.3, -0.25) is 14.8 Å². The van der Waals surface area contributed by atoms with Gasteiger partial charge in [0.1, 0.15) is 11.5 Å². The Morgan fingerprint density at radius 1 is 0.914 bits per heavy atom. The molecule has 0 aliphatic rings. The lowest BCUT2D eigenvalue weighted by atomic mass is 10.2. The third kappa shape index (κ3) is 7.41. The first-order valence-corrected chi connectivity index (χ1v) is 13.3. The third-order valence-electron chi connectivity index (χ3n) is 4.55. The van der Waals surface area contributed by atoms with Gasteiger partial charge in [-0.25, -0.2) is 8.42 Å². The Hall–Kier alpha value is -3.15. The van der Waals surface area contributed by atoms with Gasteiger partial charge in [0.15, 0.2) is 5.11 Å². The van der Waals surface area contributed by atoms with E-state index < -0.39 is 15.9 Å². The lowest BCUT2D eigenvalue weighted by molar-refractivity contribution is 0.0974. The molecule has 0 aliphatic carbocycles. The average molecular weight is 579 g/mol. The maximum atomic E-state index is 12.7. The largest absolute Gasteiger partial charge is 0.494 e. The summed E-state index contributed by atoms with van der Waals surface area (Å²) in [6, 6.07) is 17.7. The quantitative estimate of drug-likeness (QED) is 0.301. The fourth-order valence-electron chi connectivity index (χ4n) is 3.01. The lowest BCUT2D eigenvalue weighted by Crippen LogP contribution is -2.34. The highest BCUT2D eigenvalue weighted by molar-refractivity contribution is 9.10. The average Bonchev–Trinajstić information content (AvgIpc) is 2.82. The monoisotopic (exact) mass is 577 g/mol. The number of benzene rings is 3. The molecule has 11 heteroatoms. The predicted molar refractivity (Wildman–Crippen MR) is 144 cm³/mol. The van der Waals surface area contributed by atoms with E-state index in [1.165, 1.54) is 12.1 Å². The van der Waals surface area contributed by atoms with Crippen LogP contribution in [0.5, 0.6) is 11.5 Å². The molecule has 0 spiro atoms. The normalized spacial score (nSPS) is 10.8. The zero-order valence-corrected chi connectivity index (χ0v) is 22.2. The molecule has 0 fully saturated rings. The number of rotatable bonds is 9. The molecule has 3 aromatic carbocycles. The van der Waals surface area contributed by atoms with E-state index in [1.807, 2.05) is 13.8 Å². The molecule has 0 saturated carbocycles.